The lowest BCUT2D eigenvalue weighted by Gasteiger charge is -2.04. The van der Waals surface area contributed by atoms with Gasteiger partial charge in [0.2, 0.25) is 5.76 Å². The molecule has 0 spiro atoms. The standard InChI is InChI=1S/C26H21N5O4/c1-3-34-25(32)22-13-12-18(35-22)14-30-21-7-5-4-6-19(21)23-24(30)28-26-27-20(15-31(26)29-23)16-8-10-17(33-2)11-9-16/h4-13,15H,3,14H2,1-2H3. The van der Waals surface area contributed by atoms with E-state index in [1.165, 1.54) is 0 Å². The monoisotopic (exact) mass is 467 g/mol. The van der Waals surface area contributed by atoms with Gasteiger partial charge in [0.05, 0.1) is 37.7 Å². The van der Waals surface area contributed by atoms with Gasteiger partial charge in [-0.15, -0.1) is 0 Å². The van der Waals surface area contributed by atoms with Crippen molar-refractivity contribution < 1.29 is 18.7 Å². The van der Waals surface area contributed by atoms with Crippen LogP contribution < -0.4 is 4.74 Å². The first kappa shape index (κ1) is 20.9. The summed E-state index contributed by atoms with van der Waals surface area (Å²) in [6.45, 7) is 2.42. The molecule has 0 aliphatic carbocycles. The Morgan fingerprint density at radius 1 is 1.03 bits per heavy atom. The number of hydrogen-bond donors (Lipinski definition) is 0. The largest absolute Gasteiger partial charge is 0.497 e. The Hall–Kier alpha value is -4.66. The van der Waals surface area contributed by atoms with Crippen molar-refractivity contribution in [3.8, 4) is 17.0 Å². The van der Waals surface area contributed by atoms with Gasteiger partial charge in [0.15, 0.2) is 5.65 Å². The predicted octanol–water partition coefficient (Wildman–Crippen LogP) is 4.73. The third kappa shape index (κ3) is 3.57. The molecule has 0 unspecified atom stereocenters. The second-order valence-electron chi connectivity index (χ2n) is 7.97. The first-order valence-electron chi connectivity index (χ1n) is 11.2. The average Bonchev–Trinajstić information content (AvgIpc) is 3.60. The summed E-state index contributed by atoms with van der Waals surface area (Å²) in [6, 6.07) is 19.1. The fraction of sp³-hybridized carbons (Fsp3) is 0.154. The van der Waals surface area contributed by atoms with Gasteiger partial charge in [0.25, 0.3) is 5.78 Å². The second kappa shape index (κ2) is 8.28. The fourth-order valence-electron chi connectivity index (χ4n) is 4.19. The molecule has 6 aromatic rings. The smallest absolute Gasteiger partial charge is 0.374 e. The summed E-state index contributed by atoms with van der Waals surface area (Å²) in [5.41, 5.74) is 4.10. The van der Waals surface area contributed by atoms with Crippen LogP contribution in [0.5, 0.6) is 5.75 Å². The number of rotatable bonds is 6. The minimum absolute atomic E-state index is 0.175. The Balaban J connectivity index is 1.46. The third-order valence-corrected chi connectivity index (χ3v) is 5.84. The molecule has 0 saturated carbocycles. The average molecular weight is 467 g/mol. The highest BCUT2D eigenvalue weighted by molar-refractivity contribution is 6.04. The molecule has 174 valence electrons. The number of imidazole rings is 1. The molecule has 4 aromatic heterocycles. The lowest BCUT2D eigenvalue weighted by molar-refractivity contribution is 0.0488. The van der Waals surface area contributed by atoms with Crippen LogP contribution in [-0.2, 0) is 11.3 Å². The van der Waals surface area contributed by atoms with Crippen LogP contribution in [0, 0.1) is 0 Å². The molecule has 2 aromatic carbocycles. The lowest BCUT2D eigenvalue weighted by Crippen LogP contribution is -2.04. The Labute approximate surface area is 199 Å². The Morgan fingerprint density at radius 3 is 2.66 bits per heavy atom. The highest BCUT2D eigenvalue weighted by Gasteiger charge is 2.18. The number of benzene rings is 2. The number of esters is 1. The van der Waals surface area contributed by atoms with Crippen LogP contribution in [0.3, 0.4) is 0 Å². The van der Waals surface area contributed by atoms with E-state index in [0.717, 1.165) is 33.4 Å². The normalized spacial score (nSPS) is 11.5. The minimum Gasteiger partial charge on any atom is -0.497 e. The summed E-state index contributed by atoms with van der Waals surface area (Å²) < 4.78 is 19.8. The maximum absolute atomic E-state index is 12.0. The Bertz CT molecular complexity index is 1690. The number of para-hydroxylation sites is 1. The van der Waals surface area contributed by atoms with Gasteiger partial charge in [-0.3, -0.25) is 0 Å². The summed E-state index contributed by atoms with van der Waals surface area (Å²) in [5, 5.41) is 5.81. The number of methoxy groups -OCH3 is 1. The predicted molar refractivity (Wildman–Crippen MR) is 130 cm³/mol. The number of fused-ring (bicyclic) bond motifs is 4. The SMILES string of the molecule is CCOC(=O)c1ccc(Cn2c3ccccc3c3nn4cc(-c5ccc(OC)cc5)nc4nc32)o1. The van der Waals surface area contributed by atoms with E-state index in [1.54, 1.807) is 30.7 Å². The molecule has 0 N–H and O–H groups in total. The van der Waals surface area contributed by atoms with Crippen LogP contribution in [0.25, 0.3) is 39.1 Å². The number of ether oxygens (including phenoxy) is 2. The molecule has 9 heteroatoms. The molecule has 0 atom stereocenters. The topological polar surface area (TPSA) is 96.7 Å². The summed E-state index contributed by atoms with van der Waals surface area (Å²) in [5.74, 6) is 1.57. The number of carbonyl (C=O) groups is 1. The molecule has 0 fully saturated rings. The van der Waals surface area contributed by atoms with Crippen molar-refractivity contribution in [2.24, 2.45) is 0 Å². The zero-order valence-corrected chi connectivity index (χ0v) is 19.1. The third-order valence-electron chi connectivity index (χ3n) is 5.84. The summed E-state index contributed by atoms with van der Waals surface area (Å²) in [6.07, 6.45) is 1.87. The lowest BCUT2D eigenvalue weighted by atomic mass is 10.2. The molecule has 0 saturated heterocycles. The van der Waals surface area contributed by atoms with Gasteiger partial charge in [0, 0.05) is 10.9 Å². The zero-order valence-electron chi connectivity index (χ0n) is 19.1. The number of furan rings is 1. The van der Waals surface area contributed by atoms with Crippen LogP contribution in [0.1, 0.15) is 23.2 Å². The highest BCUT2D eigenvalue weighted by atomic mass is 16.5. The van der Waals surface area contributed by atoms with E-state index < -0.39 is 5.97 Å². The van der Waals surface area contributed by atoms with Gasteiger partial charge in [-0.2, -0.15) is 10.1 Å². The summed E-state index contributed by atoms with van der Waals surface area (Å²) >= 11 is 0. The van der Waals surface area contributed by atoms with Crippen LogP contribution in [0.4, 0.5) is 0 Å². The molecule has 35 heavy (non-hydrogen) atoms. The van der Waals surface area contributed by atoms with Crippen LogP contribution in [0.2, 0.25) is 0 Å². The Morgan fingerprint density at radius 2 is 1.86 bits per heavy atom. The fourth-order valence-corrected chi connectivity index (χ4v) is 4.19. The maximum Gasteiger partial charge on any atom is 0.374 e. The van der Waals surface area contributed by atoms with E-state index >= 15 is 0 Å². The highest BCUT2D eigenvalue weighted by Crippen LogP contribution is 2.29. The number of carbonyl (C=O) groups excluding carboxylic acids is 1. The molecule has 0 radical (unpaired) electrons. The first-order valence-corrected chi connectivity index (χ1v) is 11.2. The summed E-state index contributed by atoms with van der Waals surface area (Å²) in [4.78, 5) is 21.6. The molecule has 0 aliphatic rings. The Kier molecular flexibility index (Phi) is 4.95. The van der Waals surface area contributed by atoms with Crippen molar-refractivity contribution in [2.45, 2.75) is 13.5 Å². The number of aromatic nitrogens is 5. The van der Waals surface area contributed by atoms with Crippen molar-refractivity contribution >= 4 is 33.8 Å². The van der Waals surface area contributed by atoms with Gasteiger partial charge >= 0.3 is 5.97 Å². The van der Waals surface area contributed by atoms with Crippen molar-refractivity contribution in [3.63, 3.8) is 0 Å². The molecular weight excluding hydrogens is 446 g/mol. The van der Waals surface area contributed by atoms with Gasteiger partial charge in [-0.05, 0) is 49.4 Å². The van der Waals surface area contributed by atoms with E-state index in [2.05, 4.69) is 0 Å². The molecule has 6 rings (SSSR count). The van der Waals surface area contributed by atoms with E-state index in [-0.39, 0.29) is 12.4 Å². The van der Waals surface area contributed by atoms with Crippen molar-refractivity contribution in [1.82, 2.24) is 24.1 Å². The zero-order chi connectivity index (χ0) is 23.9. The van der Waals surface area contributed by atoms with Crippen molar-refractivity contribution in [2.75, 3.05) is 13.7 Å². The van der Waals surface area contributed by atoms with Gasteiger partial charge < -0.3 is 18.5 Å². The molecule has 0 aliphatic heterocycles. The van der Waals surface area contributed by atoms with Gasteiger partial charge in [-0.25, -0.2) is 14.3 Å². The van der Waals surface area contributed by atoms with Crippen LogP contribution in [0.15, 0.2) is 71.3 Å². The number of hydrogen-bond acceptors (Lipinski definition) is 7. The van der Waals surface area contributed by atoms with Crippen LogP contribution in [-0.4, -0.2) is 43.8 Å². The van der Waals surface area contributed by atoms with E-state index in [0.29, 0.717) is 23.7 Å². The maximum atomic E-state index is 12.0. The first-order chi connectivity index (χ1) is 17.1. The van der Waals surface area contributed by atoms with Crippen molar-refractivity contribution in [3.05, 3.63) is 78.4 Å². The van der Waals surface area contributed by atoms with Crippen molar-refractivity contribution in [1.29, 1.82) is 0 Å². The quantitative estimate of drug-likeness (QED) is 0.327. The molecule has 9 nitrogen and oxygen atoms in total. The van der Waals surface area contributed by atoms with E-state index in [1.807, 2.05) is 59.3 Å². The van der Waals surface area contributed by atoms with Gasteiger partial charge in [-0.1, -0.05) is 18.2 Å². The van der Waals surface area contributed by atoms with Gasteiger partial charge in [0.1, 0.15) is 17.0 Å². The molecular formula is C26H21N5O4. The molecule has 0 amide bonds. The molecule has 0 bridgehead atoms. The summed E-state index contributed by atoms with van der Waals surface area (Å²) in [7, 11) is 1.64. The number of nitrogens with zero attached hydrogens (tertiary/aromatic N) is 5. The molecule has 4 heterocycles. The van der Waals surface area contributed by atoms with Crippen LogP contribution >= 0.6 is 0 Å². The second-order valence-corrected chi connectivity index (χ2v) is 7.97. The van der Waals surface area contributed by atoms with E-state index in [4.69, 9.17) is 29.0 Å². The van der Waals surface area contributed by atoms with E-state index in [9.17, 15) is 4.79 Å². The minimum atomic E-state index is -0.481.